The lowest BCUT2D eigenvalue weighted by atomic mass is 9.94. The van der Waals surface area contributed by atoms with Crippen LogP contribution in [-0.4, -0.2) is 16.0 Å². The Labute approximate surface area is 146 Å². The highest BCUT2D eigenvalue weighted by Crippen LogP contribution is 2.46. The van der Waals surface area contributed by atoms with Crippen LogP contribution in [0.5, 0.6) is 11.5 Å². The van der Waals surface area contributed by atoms with Crippen LogP contribution in [0.1, 0.15) is 48.9 Å². The maximum Gasteiger partial charge on any atom is 0.251 e. The fraction of sp³-hybridized carbons (Fsp3) is 0.421. The lowest BCUT2D eigenvalue weighted by molar-refractivity contribution is -0.105. The molecule has 128 valence electrons. The predicted molar refractivity (Wildman–Crippen MR) is 93.0 cm³/mol. The highest BCUT2D eigenvalue weighted by Gasteiger charge is 2.42. The molecule has 0 amide bonds. The summed E-state index contributed by atoms with van der Waals surface area (Å²) in [7, 11) is 0. The summed E-state index contributed by atoms with van der Waals surface area (Å²) in [6.07, 6.45) is 5.34. The van der Waals surface area contributed by atoms with Crippen LogP contribution in [0.3, 0.4) is 0 Å². The highest BCUT2D eigenvalue weighted by molar-refractivity contribution is 5.67. The van der Waals surface area contributed by atoms with E-state index in [1.165, 1.54) is 6.42 Å². The van der Waals surface area contributed by atoms with Crippen molar-refractivity contribution in [1.29, 1.82) is 5.26 Å². The van der Waals surface area contributed by atoms with Gasteiger partial charge in [0.2, 0.25) is 0 Å². The van der Waals surface area contributed by atoms with Gasteiger partial charge in [0.25, 0.3) is 5.79 Å². The van der Waals surface area contributed by atoms with E-state index in [-0.39, 0.29) is 0 Å². The van der Waals surface area contributed by atoms with Crippen molar-refractivity contribution in [3.8, 4) is 17.6 Å². The minimum Gasteiger partial charge on any atom is -0.448 e. The summed E-state index contributed by atoms with van der Waals surface area (Å²) < 4.78 is 12.2. The van der Waals surface area contributed by atoms with Gasteiger partial charge in [0, 0.05) is 24.6 Å². The van der Waals surface area contributed by atoms with E-state index in [2.05, 4.69) is 21.6 Å². The number of ether oxygens (including phenoxy) is 2. The monoisotopic (exact) mass is 336 g/mol. The number of nitriles is 1. The summed E-state index contributed by atoms with van der Waals surface area (Å²) in [4.78, 5) is 0. The molecule has 0 saturated heterocycles. The van der Waals surface area contributed by atoms with E-state index in [1.54, 1.807) is 0 Å². The van der Waals surface area contributed by atoms with Crippen molar-refractivity contribution >= 4 is 11.5 Å². The number of nitrogens with zero attached hydrogens (tertiary/aromatic N) is 3. The number of hydrogen-bond acceptors (Lipinski definition) is 6. The summed E-state index contributed by atoms with van der Waals surface area (Å²) in [5.74, 6) is 1.48. The van der Waals surface area contributed by atoms with Gasteiger partial charge in [0.1, 0.15) is 11.6 Å². The molecule has 1 aromatic heterocycles. The lowest BCUT2D eigenvalue weighted by Crippen LogP contribution is -2.40. The van der Waals surface area contributed by atoms with Crippen LogP contribution in [0.2, 0.25) is 0 Å². The molecular formula is C19H20N4O2. The average Bonchev–Trinajstić information content (AvgIpc) is 2.95. The smallest absolute Gasteiger partial charge is 0.251 e. The van der Waals surface area contributed by atoms with E-state index >= 15 is 0 Å². The average molecular weight is 336 g/mol. The fourth-order valence-corrected chi connectivity index (χ4v) is 3.44. The highest BCUT2D eigenvalue weighted by atomic mass is 16.7. The van der Waals surface area contributed by atoms with Gasteiger partial charge in [-0.25, -0.2) is 0 Å². The molecule has 0 atom stereocenters. The zero-order chi connectivity index (χ0) is 17.4. The van der Waals surface area contributed by atoms with E-state index in [1.807, 2.05) is 32.0 Å². The molecule has 1 spiro atoms. The van der Waals surface area contributed by atoms with E-state index < -0.39 is 5.79 Å². The molecule has 2 aliphatic rings. The Balaban J connectivity index is 1.60. The second kappa shape index (κ2) is 5.92. The van der Waals surface area contributed by atoms with Crippen LogP contribution >= 0.6 is 0 Å². The Morgan fingerprint density at radius 2 is 1.84 bits per heavy atom. The molecule has 6 heteroatoms. The third kappa shape index (κ3) is 2.76. The molecule has 2 heterocycles. The number of rotatable bonds is 2. The topological polar surface area (TPSA) is 80.1 Å². The van der Waals surface area contributed by atoms with Gasteiger partial charge < -0.3 is 14.8 Å². The molecule has 1 aromatic carbocycles. The molecule has 1 aliphatic heterocycles. The SMILES string of the molecule is Cc1nnc(Nc2ccc3c(c2)OC2(CCCCC2)O3)c(C#N)c1C. The summed E-state index contributed by atoms with van der Waals surface area (Å²) in [5, 5.41) is 20.8. The predicted octanol–water partition coefficient (Wildman–Crippen LogP) is 4.14. The van der Waals surface area contributed by atoms with E-state index in [4.69, 9.17) is 9.47 Å². The minimum atomic E-state index is -0.489. The fourth-order valence-electron chi connectivity index (χ4n) is 3.44. The third-order valence-corrected chi connectivity index (χ3v) is 4.98. The Hall–Kier alpha value is -2.81. The number of aromatic nitrogens is 2. The molecule has 0 bridgehead atoms. The minimum absolute atomic E-state index is 0.455. The molecule has 0 unspecified atom stereocenters. The van der Waals surface area contributed by atoms with Crippen LogP contribution in [0.25, 0.3) is 0 Å². The van der Waals surface area contributed by atoms with Gasteiger partial charge in [-0.05, 0) is 44.4 Å². The summed E-state index contributed by atoms with van der Waals surface area (Å²) in [5.41, 5.74) is 2.90. The normalized spacial score (nSPS) is 17.3. The Morgan fingerprint density at radius 1 is 1.08 bits per heavy atom. The van der Waals surface area contributed by atoms with Gasteiger partial charge in [0.05, 0.1) is 5.69 Å². The van der Waals surface area contributed by atoms with Gasteiger partial charge >= 0.3 is 0 Å². The second-order valence-electron chi connectivity index (χ2n) is 6.71. The zero-order valence-corrected chi connectivity index (χ0v) is 14.4. The maximum atomic E-state index is 9.42. The number of nitrogens with one attached hydrogen (secondary N) is 1. The van der Waals surface area contributed by atoms with Crippen molar-refractivity contribution in [3.05, 3.63) is 35.0 Å². The van der Waals surface area contributed by atoms with Crippen LogP contribution in [-0.2, 0) is 0 Å². The summed E-state index contributed by atoms with van der Waals surface area (Å²) in [6.45, 7) is 3.72. The molecule has 1 fully saturated rings. The largest absolute Gasteiger partial charge is 0.448 e. The number of fused-ring (bicyclic) bond motifs is 1. The zero-order valence-electron chi connectivity index (χ0n) is 14.4. The number of anilines is 2. The van der Waals surface area contributed by atoms with Crippen molar-refractivity contribution < 1.29 is 9.47 Å². The molecule has 2 aromatic rings. The first-order chi connectivity index (χ1) is 12.1. The molecule has 1 saturated carbocycles. The van der Waals surface area contributed by atoms with Crippen LogP contribution in [0.15, 0.2) is 18.2 Å². The van der Waals surface area contributed by atoms with Crippen molar-refractivity contribution in [3.63, 3.8) is 0 Å². The molecule has 4 rings (SSSR count). The Bertz CT molecular complexity index is 866. The third-order valence-electron chi connectivity index (χ3n) is 4.98. The van der Waals surface area contributed by atoms with Crippen LogP contribution in [0.4, 0.5) is 11.5 Å². The number of aryl methyl sites for hydroxylation is 1. The maximum absolute atomic E-state index is 9.42. The summed E-state index contributed by atoms with van der Waals surface area (Å²) >= 11 is 0. The first-order valence-electron chi connectivity index (χ1n) is 8.63. The van der Waals surface area contributed by atoms with Crippen molar-refractivity contribution in [2.24, 2.45) is 0 Å². The van der Waals surface area contributed by atoms with Gasteiger partial charge in [-0.3, -0.25) is 0 Å². The van der Waals surface area contributed by atoms with Gasteiger partial charge in [-0.2, -0.15) is 10.4 Å². The van der Waals surface area contributed by atoms with Crippen molar-refractivity contribution in [2.45, 2.75) is 51.7 Å². The molecule has 1 N–H and O–H groups in total. The van der Waals surface area contributed by atoms with Gasteiger partial charge in [-0.1, -0.05) is 6.42 Å². The van der Waals surface area contributed by atoms with Crippen LogP contribution in [0, 0.1) is 25.2 Å². The Morgan fingerprint density at radius 3 is 2.60 bits per heavy atom. The summed E-state index contributed by atoms with van der Waals surface area (Å²) in [6, 6.07) is 7.91. The molecule has 25 heavy (non-hydrogen) atoms. The van der Waals surface area contributed by atoms with E-state index in [9.17, 15) is 5.26 Å². The van der Waals surface area contributed by atoms with E-state index in [0.29, 0.717) is 11.4 Å². The molecule has 1 aliphatic carbocycles. The quantitative estimate of drug-likeness (QED) is 0.888. The van der Waals surface area contributed by atoms with E-state index in [0.717, 1.165) is 54.1 Å². The molecule has 6 nitrogen and oxygen atoms in total. The van der Waals surface area contributed by atoms with Crippen LogP contribution < -0.4 is 14.8 Å². The van der Waals surface area contributed by atoms with Crippen molar-refractivity contribution in [1.82, 2.24) is 10.2 Å². The first kappa shape index (κ1) is 15.7. The van der Waals surface area contributed by atoms with Gasteiger partial charge in [-0.15, -0.1) is 5.10 Å². The number of hydrogen-bond donors (Lipinski definition) is 1. The second-order valence-corrected chi connectivity index (χ2v) is 6.71. The molecule has 0 radical (unpaired) electrons. The lowest BCUT2D eigenvalue weighted by Gasteiger charge is -2.31. The van der Waals surface area contributed by atoms with Crippen molar-refractivity contribution in [2.75, 3.05) is 5.32 Å². The van der Waals surface area contributed by atoms with Gasteiger partial charge in [0.15, 0.2) is 17.3 Å². The Kier molecular flexibility index (Phi) is 3.72. The molecular weight excluding hydrogens is 316 g/mol. The standard InChI is InChI=1S/C19H20N4O2/c1-12-13(2)22-23-18(15(12)11-20)21-14-6-7-16-17(10-14)25-19(24-16)8-4-3-5-9-19/h6-7,10H,3-5,8-9H2,1-2H3,(H,21,23). The first-order valence-corrected chi connectivity index (χ1v) is 8.63. The number of benzene rings is 1.